The van der Waals surface area contributed by atoms with Crippen molar-refractivity contribution in [2.24, 2.45) is 0 Å². The van der Waals surface area contributed by atoms with Crippen LogP contribution >= 0.6 is 11.3 Å². The number of carbonyl (C=O) groups excluding carboxylic acids is 1. The number of hydrogen-bond donors (Lipinski definition) is 1. The van der Waals surface area contributed by atoms with E-state index < -0.39 is 5.60 Å². The van der Waals surface area contributed by atoms with Crippen LogP contribution in [0.25, 0.3) is 0 Å². The molecule has 1 N–H and O–H groups in total. The van der Waals surface area contributed by atoms with Crippen molar-refractivity contribution in [2.45, 2.75) is 31.4 Å². The Labute approximate surface area is 135 Å². The van der Waals surface area contributed by atoms with Crippen LogP contribution in [0.5, 0.6) is 0 Å². The summed E-state index contributed by atoms with van der Waals surface area (Å²) in [7, 11) is 1.63. The maximum atomic E-state index is 12.6. The molecule has 0 spiro atoms. The maximum absolute atomic E-state index is 12.6. The number of rotatable bonds is 5. The highest BCUT2D eigenvalue weighted by atomic mass is 32.1. The Morgan fingerprint density at radius 2 is 2.32 bits per heavy atom. The molecular weight excluding hydrogens is 300 g/mol. The van der Waals surface area contributed by atoms with Gasteiger partial charge in [0.2, 0.25) is 0 Å². The fourth-order valence-electron chi connectivity index (χ4n) is 3.44. The van der Waals surface area contributed by atoms with Crippen molar-refractivity contribution in [3.8, 4) is 0 Å². The van der Waals surface area contributed by atoms with Crippen molar-refractivity contribution in [1.29, 1.82) is 0 Å². The Bertz CT molecular complexity index is 533. The zero-order chi connectivity index (χ0) is 15.6. The first-order valence-electron chi connectivity index (χ1n) is 7.91. The molecule has 3 heterocycles. The van der Waals surface area contributed by atoms with Crippen LogP contribution in [0.15, 0.2) is 11.4 Å². The van der Waals surface area contributed by atoms with E-state index in [1.807, 2.05) is 0 Å². The van der Waals surface area contributed by atoms with Crippen LogP contribution in [0, 0.1) is 0 Å². The van der Waals surface area contributed by atoms with Gasteiger partial charge in [0.25, 0.3) is 5.91 Å². The van der Waals surface area contributed by atoms with Gasteiger partial charge in [-0.1, -0.05) is 0 Å². The number of piperidine rings is 1. The summed E-state index contributed by atoms with van der Waals surface area (Å²) in [6.07, 6.45) is 2.43. The van der Waals surface area contributed by atoms with E-state index in [2.05, 4.69) is 16.3 Å². The first kappa shape index (κ1) is 15.9. The summed E-state index contributed by atoms with van der Waals surface area (Å²) in [5.74, 6) is -0.132. The highest BCUT2D eigenvalue weighted by molar-refractivity contribution is 7.10. The molecule has 0 aromatic carbocycles. The van der Waals surface area contributed by atoms with Gasteiger partial charge in [-0.15, -0.1) is 11.3 Å². The van der Waals surface area contributed by atoms with Crippen LogP contribution in [-0.2, 0) is 22.5 Å². The Kier molecular flexibility index (Phi) is 4.82. The third-order valence-electron chi connectivity index (χ3n) is 4.64. The van der Waals surface area contributed by atoms with E-state index in [1.165, 1.54) is 10.4 Å². The summed E-state index contributed by atoms with van der Waals surface area (Å²) in [6.45, 7) is 3.99. The first-order valence-corrected chi connectivity index (χ1v) is 8.79. The molecule has 122 valence electrons. The Hall–Kier alpha value is -0.950. The van der Waals surface area contributed by atoms with Crippen LogP contribution in [-0.4, -0.2) is 66.3 Å². The van der Waals surface area contributed by atoms with Crippen molar-refractivity contribution >= 4 is 17.2 Å². The lowest BCUT2D eigenvalue weighted by atomic mass is 9.90. The van der Waals surface area contributed by atoms with Gasteiger partial charge in [-0.3, -0.25) is 9.69 Å². The number of likely N-dealkylation sites (tertiary alicyclic amines) is 1. The quantitative estimate of drug-likeness (QED) is 0.881. The summed E-state index contributed by atoms with van der Waals surface area (Å²) >= 11 is 1.80. The molecule has 1 atom stereocenters. The Morgan fingerprint density at radius 1 is 1.45 bits per heavy atom. The van der Waals surface area contributed by atoms with E-state index in [0.717, 1.165) is 32.5 Å². The lowest BCUT2D eigenvalue weighted by Crippen LogP contribution is -2.59. The van der Waals surface area contributed by atoms with Gasteiger partial charge in [-0.05, 0) is 36.3 Å². The van der Waals surface area contributed by atoms with Crippen LogP contribution in [0.3, 0.4) is 0 Å². The van der Waals surface area contributed by atoms with Gasteiger partial charge in [0.15, 0.2) is 5.60 Å². The number of ether oxygens (including phenoxy) is 1. The molecule has 1 saturated heterocycles. The molecule has 0 radical (unpaired) electrons. The molecule has 2 aliphatic heterocycles. The van der Waals surface area contributed by atoms with Crippen molar-refractivity contribution in [3.05, 3.63) is 21.9 Å². The van der Waals surface area contributed by atoms with Crippen molar-refractivity contribution < 1.29 is 14.6 Å². The van der Waals surface area contributed by atoms with Gasteiger partial charge in [0, 0.05) is 44.7 Å². The molecule has 1 amide bonds. The van der Waals surface area contributed by atoms with Gasteiger partial charge in [-0.2, -0.15) is 0 Å². The van der Waals surface area contributed by atoms with Crippen molar-refractivity contribution in [3.63, 3.8) is 0 Å². The minimum Gasteiger partial charge on any atom is -0.383 e. The molecule has 1 aromatic heterocycles. The van der Waals surface area contributed by atoms with E-state index in [4.69, 9.17) is 4.74 Å². The van der Waals surface area contributed by atoms with E-state index >= 15 is 0 Å². The molecule has 6 heteroatoms. The number of thiophene rings is 1. The standard InChI is InChI=1S/C16H24N2O3S/c1-21-9-8-18-6-2-5-16(20,15(18)19)12-17-7-3-14-13(11-17)4-10-22-14/h4,10,20H,2-3,5-9,11-12H2,1H3. The average molecular weight is 324 g/mol. The lowest BCUT2D eigenvalue weighted by Gasteiger charge is -2.41. The normalized spacial score (nSPS) is 26.3. The molecule has 1 fully saturated rings. The van der Waals surface area contributed by atoms with E-state index in [9.17, 15) is 9.90 Å². The van der Waals surface area contributed by atoms with Gasteiger partial charge in [0.05, 0.1) is 6.61 Å². The molecule has 2 aliphatic rings. The summed E-state index contributed by atoms with van der Waals surface area (Å²) in [5.41, 5.74) is 0.110. The number of methoxy groups -OCH3 is 1. The molecule has 3 rings (SSSR count). The van der Waals surface area contributed by atoms with E-state index in [0.29, 0.717) is 26.1 Å². The summed E-state index contributed by atoms with van der Waals surface area (Å²) in [5, 5.41) is 13.0. The fraction of sp³-hybridized carbons (Fsp3) is 0.688. The number of fused-ring (bicyclic) bond motifs is 1. The largest absolute Gasteiger partial charge is 0.383 e. The summed E-state index contributed by atoms with van der Waals surface area (Å²) in [4.78, 5) is 18.0. The Morgan fingerprint density at radius 3 is 3.14 bits per heavy atom. The Balaban J connectivity index is 1.64. The number of aliphatic hydroxyl groups is 1. The minimum absolute atomic E-state index is 0.132. The number of hydrogen-bond acceptors (Lipinski definition) is 5. The monoisotopic (exact) mass is 324 g/mol. The number of nitrogens with zero attached hydrogens (tertiary/aromatic N) is 2. The molecule has 1 aromatic rings. The third-order valence-corrected chi connectivity index (χ3v) is 5.66. The molecule has 0 bridgehead atoms. The van der Waals surface area contributed by atoms with Gasteiger partial charge in [-0.25, -0.2) is 0 Å². The number of β-amino-alcohol motifs (C(OH)–C–C–N with tert-alkyl or cyclic N) is 1. The van der Waals surface area contributed by atoms with Gasteiger partial charge in [0.1, 0.15) is 0 Å². The maximum Gasteiger partial charge on any atom is 0.255 e. The molecule has 5 nitrogen and oxygen atoms in total. The first-order chi connectivity index (χ1) is 10.6. The van der Waals surface area contributed by atoms with Crippen LogP contribution in [0.4, 0.5) is 0 Å². The second-order valence-electron chi connectivity index (χ2n) is 6.25. The fourth-order valence-corrected chi connectivity index (χ4v) is 4.33. The third kappa shape index (κ3) is 3.20. The molecule has 0 saturated carbocycles. The minimum atomic E-state index is -1.24. The van der Waals surface area contributed by atoms with Crippen LogP contribution < -0.4 is 0 Å². The van der Waals surface area contributed by atoms with Crippen molar-refractivity contribution in [1.82, 2.24) is 9.80 Å². The van der Waals surface area contributed by atoms with Crippen LogP contribution in [0.1, 0.15) is 23.3 Å². The summed E-state index contributed by atoms with van der Waals surface area (Å²) in [6, 6.07) is 2.16. The summed E-state index contributed by atoms with van der Waals surface area (Å²) < 4.78 is 5.06. The van der Waals surface area contributed by atoms with E-state index in [1.54, 1.807) is 23.3 Å². The zero-order valence-electron chi connectivity index (χ0n) is 13.1. The topological polar surface area (TPSA) is 53.0 Å². The zero-order valence-corrected chi connectivity index (χ0v) is 13.9. The van der Waals surface area contributed by atoms with E-state index in [-0.39, 0.29) is 5.91 Å². The number of carbonyl (C=O) groups is 1. The molecule has 1 unspecified atom stereocenters. The predicted octanol–water partition coefficient (Wildman–Crippen LogP) is 1.11. The second-order valence-corrected chi connectivity index (χ2v) is 7.25. The van der Waals surface area contributed by atoms with Gasteiger partial charge < -0.3 is 14.7 Å². The molecule has 22 heavy (non-hydrogen) atoms. The highest BCUT2D eigenvalue weighted by Gasteiger charge is 2.43. The lowest BCUT2D eigenvalue weighted by molar-refractivity contribution is -0.160. The SMILES string of the molecule is COCCN1CCCC(O)(CN2CCc3sccc3C2)C1=O. The van der Waals surface area contributed by atoms with Gasteiger partial charge >= 0.3 is 0 Å². The highest BCUT2D eigenvalue weighted by Crippen LogP contribution is 2.28. The smallest absolute Gasteiger partial charge is 0.255 e. The molecular formula is C16H24N2O3S. The average Bonchev–Trinajstić information content (AvgIpc) is 2.96. The second kappa shape index (κ2) is 6.66. The van der Waals surface area contributed by atoms with Crippen molar-refractivity contribution in [2.75, 3.05) is 39.9 Å². The molecule has 0 aliphatic carbocycles. The predicted molar refractivity (Wildman–Crippen MR) is 85.9 cm³/mol. The van der Waals surface area contributed by atoms with Crippen LogP contribution in [0.2, 0.25) is 0 Å². The number of amides is 1.